The summed E-state index contributed by atoms with van der Waals surface area (Å²) in [4.78, 5) is 31.8. The van der Waals surface area contributed by atoms with Crippen molar-refractivity contribution in [1.82, 2.24) is 14.3 Å². The van der Waals surface area contributed by atoms with Crippen LogP contribution in [0.25, 0.3) is 4.96 Å². The quantitative estimate of drug-likeness (QED) is 0.875. The average molecular weight is 305 g/mol. The second kappa shape index (κ2) is 5.97. The van der Waals surface area contributed by atoms with Crippen molar-refractivity contribution in [3.05, 3.63) is 33.7 Å². The van der Waals surface area contributed by atoms with E-state index in [0.717, 1.165) is 25.7 Å². The first-order chi connectivity index (χ1) is 10.2. The number of hydrogen-bond donors (Lipinski definition) is 0. The highest BCUT2D eigenvalue weighted by atomic mass is 32.1. The van der Waals surface area contributed by atoms with Crippen LogP contribution in [-0.4, -0.2) is 32.8 Å². The van der Waals surface area contributed by atoms with Crippen molar-refractivity contribution in [3.63, 3.8) is 0 Å². The fourth-order valence-corrected chi connectivity index (χ4v) is 3.76. The van der Waals surface area contributed by atoms with Gasteiger partial charge in [0.1, 0.15) is 5.56 Å². The molecular formula is C15H19N3O2S. The molecule has 1 saturated carbocycles. The minimum atomic E-state index is -0.263. The number of aromatic nitrogens is 2. The van der Waals surface area contributed by atoms with E-state index in [2.05, 4.69) is 4.98 Å². The van der Waals surface area contributed by atoms with Gasteiger partial charge in [-0.2, -0.15) is 0 Å². The largest absolute Gasteiger partial charge is 0.336 e. The monoisotopic (exact) mass is 305 g/mol. The zero-order chi connectivity index (χ0) is 14.8. The van der Waals surface area contributed by atoms with Crippen LogP contribution < -0.4 is 5.56 Å². The van der Waals surface area contributed by atoms with Gasteiger partial charge >= 0.3 is 0 Å². The average Bonchev–Trinajstić information content (AvgIpc) is 2.99. The summed E-state index contributed by atoms with van der Waals surface area (Å²) in [6.07, 6.45) is 8.74. The van der Waals surface area contributed by atoms with Gasteiger partial charge in [0.2, 0.25) is 0 Å². The molecule has 2 aromatic heterocycles. The molecule has 1 fully saturated rings. The van der Waals surface area contributed by atoms with Crippen molar-refractivity contribution in [2.45, 2.75) is 45.1 Å². The normalized spacial score (nSPS) is 16.2. The molecule has 0 atom stereocenters. The van der Waals surface area contributed by atoms with Crippen molar-refractivity contribution in [1.29, 1.82) is 0 Å². The minimum absolute atomic E-state index is 0.178. The second-order valence-corrected chi connectivity index (χ2v) is 6.29. The zero-order valence-electron chi connectivity index (χ0n) is 12.1. The summed E-state index contributed by atoms with van der Waals surface area (Å²) < 4.78 is 1.45. The van der Waals surface area contributed by atoms with Crippen LogP contribution in [0.4, 0.5) is 0 Å². The Bertz CT molecular complexity index is 700. The maximum absolute atomic E-state index is 12.7. The van der Waals surface area contributed by atoms with Crippen molar-refractivity contribution in [3.8, 4) is 0 Å². The summed E-state index contributed by atoms with van der Waals surface area (Å²) in [5.74, 6) is -0.178. The van der Waals surface area contributed by atoms with Crippen LogP contribution >= 0.6 is 11.3 Å². The van der Waals surface area contributed by atoms with Gasteiger partial charge in [0.05, 0.1) is 0 Å². The molecule has 1 aliphatic carbocycles. The first-order valence-corrected chi connectivity index (χ1v) is 8.36. The summed E-state index contributed by atoms with van der Waals surface area (Å²) in [6, 6.07) is 0.263. The fraction of sp³-hybridized carbons (Fsp3) is 0.533. The van der Waals surface area contributed by atoms with Gasteiger partial charge in [0, 0.05) is 30.4 Å². The van der Waals surface area contributed by atoms with Gasteiger partial charge in [0.25, 0.3) is 11.5 Å². The molecule has 2 aromatic rings. The third kappa shape index (κ3) is 2.60. The predicted octanol–water partition coefficient (Wildman–Crippen LogP) is 2.55. The Morgan fingerprint density at radius 3 is 2.90 bits per heavy atom. The second-order valence-electron chi connectivity index (χ2n) is 5.42. The molecule has 0 saturated heterocycles. The zero-order valence-corrected chi connectivity index (χ0v) is 12.9. The van der Waals surface area contributed by atoms with E-state index in [1.54, 1.807) is 11.6 Å². The lowest BCUT2D eigenvalue weighted by Gasteiger charge is -2.33. The minimum Gasteiger partial charge on any atom is -0.336 e. The number of fused-ring (bicyclic) bond motifs is 1. The standard InChI is InChI=1S/C15H19N3O2S/c1-2-17(11-6-4-3-5-7-11)13(19)12-10-16-15-18(14(12)20)8-9-21-15/h8-11H,2-7H2,1H3. The van der Waals surface area contributed by atoms with Gasteiger partial charge in [-0.05, 0) is 19.8 Å². The SMILES string of the molecule is CCN(C(=O)c1cnc2sccn2c1=O)C1CCCCC1. The van der Waals surface area contributed by atoms with E-state index in [4.69, 9.17) is 0 Å². The molecule has 21 heavy (non-hydrogen) atoms. The van der Waals surface area contributed by atoms with E-state index in [1.165, 1.54) is 28.4 Å². The van der Waals surface area contributed by atoms with E-state index in [0.29, 0.717) is 11.5 Å². The third-order valence-electron chi connectivity index (χ3n) is 4.19. The number of hydrogen-bond acceptors (Lipinski definition) is 4. The summed E-state index contributed by atoms with van der Waals surface area (Å²) in [6.45, 7) is 2.61. The highest BCUT2D eigenvalue weighted by Gasteiger charge is 2.27. The molecule has 0 radical (unpaired) electrons. The summed E-state index contributed by atoms with van der Waals surface area (Å²) >= 11 is 1.39. The Morgan fingerprint density at radius 2 is 2.19 bits per heavy atom. The lowest BCUT2D eigenvalue weighted by Crippen LogP contribution is -2.43. The molecule has 2 heterocycles. The van der Waals surface area contributed by atoms with E-state index in [9.17, 15) is 9.59 Å². The first kappa shape index (κ1) is 14.3. The van der Waals surface area contributed by atoms with Crippen LogP contribution in [0.3, 0.4) is 0 Å². The van der Waals surface area contributed by atoms with E-state index in [-0.39, 0.29) is 23.1 Å². The predicted molar refractivity (Wildman–Crippen MR) is 82.9 cm³/mol. The van der Waals surface area contributed by atoms with Gasteiger partial charge < -0.3 is 4.90 Å². The van der Waals surface area contributed by atoms with Crippen LogP contribution in [0.2, 0.25) is 0 Å². The third-order valence-corrected chi connectivity index (χ3v) is 4.96. The number of amides is 1. The number of rotatable bonds is 3. The topological polar surface area (TPSA) is 54.7 Å². The van der Waals surface area contributed by atoms with Gasteiger partial charge in [-0.15, -0.1) is 11.3 Å². The lowest BCUT2D eigenvalue weighted by atomic mass is 9.94. The molecule has 112 valence electrons. The molecule has 1 amide bonds. The van der Waals surface area contributed by atoms with Crippen LogP contribution in [0, 0.1) is 0 Å². The molecule has 0 spiro atoms. The Hall–Kier alpha value is -1.69. The van der Waals surface area contributed by atoms with E-state index < -0.39 is 0 Å². The molecule has 0 N–H and O–H groups in total. The van der Waals surface area contributed by atoms with Crippen molar-refractivity contribution in [2.24, 2.45) is 0 Å². The highest BCUT2D eigenvalue weighted by molar-refractivity contribution is 7.15. The van der Waals surface area contributed by atoms with Crippen molar-refractivity contribution < 1.29 is 4.79 Å². The molecule has 5 nitrogen and oxygen atoms in total. The summed E-state index contributed by atoms with van der Waals surface area (Å²) in [5, 5.41) is 1.80. The maximum atomic E-state index is 12.7. The molecule has 1 aliphatic rings. The van der Waals surface area contributed by atoms with Crippen molar-refractivity contribution >= 4 is 22.2 Å². The highest BCUT2D eigenvalue weighted by Crippen LogP contribution is 2.23. The smallest absolute Gasteiger partial charge is 0.271 e. The molecule has 0 unspecified atom stereocenters. The first-order valence-electron chi connectivity index (χ1n) is 7.48. The molecule has 6 heteroatoms. The van der Waals surface area contributed by atoms with Gasteiger partial charge in [-0.25, -0.2) is 4.98 Å². The summed E-state index contributed by atoms with van der Waals surface area (Å²) in [5.41, 5.74) is -0.0844. The van der Waals surface area contributed by atoms with E-state index in [1.807, 2.05) is 11.8 Å². The van der Waals surface area contributed by atoms with Crippen LogP contribution in [-0.2, 0) is 0 Å². The summed E-state index contributed by atoms with van der Waals surface area (Å²) in [7, 11) is 0. The van der Waals surface area contributed by atoms with Gasteiger partial charge in [0.15, 0.2) is 4.96 Å². The fourth-order valence-electron chi connectivity index (χ4n) is 3.09. The number of thiazole rings is 1. The maximum Gasteiger partial charge on any atom is 0.271 e. The van der Waals surface area contributed by atoms with Crippen molar-refractivity contribution in [2.75, 3.05) is 6.54 Å². The van der Waals surface area contributed by atoms with E-state index >= 15 is 0 Å². The Labute approximate surface area is 127 Å². The van der Waals surface area contributed by atoms with Crippen LogP contribution in [0.1, 0.15) is 49.4 Å². The number of carbonyl (C=O) groups excluding carboxylic acids is 1. The molecule has 0 aromatic carbocycles. The van der Waals surface area contributed by atoms with Crippen LogP contribution in [0.15, 0.2) is 22.6 Å². The Kier molecular flexibility index (Phi) is 4.05. The Morgan fingerprint density at radius 1 is 1.43 bits per heavy atom. The lowest BCUT2D eigenvalue weighted by molar-refractivity contribution is 0.0645. The molecule has 0 bridgehead atoms. The Balaban J connectivity index is 1.94. The molecule has 3 rings (SSSR count). The van der Waals surface area contributed by atoms with Gasteiger partial charge in [-0.3, -0.25) is 14.0 Å². The number of nitrogens with zero attached hydrogens (tertiary/aromatic N) is 3. The van der Waals surface area contributed by atoms with Gasteiger partial charge in [-0.1, -0.05) is 19.3 Å². The molecule has 0 aliphatic heterocycles. The van der Waals surface area contributed by atoms with Crippen LogP contribution in [0.5, 0.6) is 0 Å². The molecular weight excluding hydrogens is 286 g/mol. The number of carbonyl (C=O) groups is 1.